The normalized spacial score (nSPS) is 14.4. The van der Waals surface area contributed by atoms with E-state index in [1.807, 2.05) is 0 Å². The van der Waals surface area contributed by atoms with Gasteiger partial charge in [0.2, 0.25) is 70.8 Å². The lowest BCUT2D eigenvalue weighted by Gasteiger charge is -2.27. The zero-order valence-corrected chi connectivity index (χ0v) is 51.9. The summed E-state index contributed by atoms with van der Waals surface area (Å²) in [6, 6.07) is 10.7. The van der Waals surface area contributed by atoms with Crippen LogP contribution >= 0.6 is 0 Å². The number of aliphatic hydroxyl groups is 2. The van der Waals surface area contributed by atoms with Gasteiger partial charge in [-0.15, -0.1) is 0 Å². The molecule has 0 fully saturated rings. The Labute approximate surface area is 522 Å². The number of amides is 10. The first kappa shape index (κ1) is 75.0. The summed E-state index contributed by atoms with van der Waals surface area (Å²) < 4.78 is 21.1. The number of primary amides is 2. The van der Waals surface area contributed by atoms with Crippen LogP contribution in [0.1, 0.15) is 104 Å². The smallest absolute Gasteiger partial charge is 0.328 e. The van der Waals surface area contributed by atoms with E-state index in [9.17, 15) is 67.7 Å². The lowest BCUT2D eigenvalue weighted by molar-refractivity contribution is -0.146. The Balaban J connectivity index is 1.53. The summed E-state index contributed by atoms with van der Waals surface area (Å²) in [5.41, 5.74) is 12.2. The van der Waals surface area contributed by atoms with Gasteiger partial charge in [0.1, 0.15) is 48.3 Å². The molecule has 29 heteroatoms. The average Bonchev–Trinajstić information content (AvgIpc) is 2.00. The lowest BCUT2D eigenvalue weighted by atomic mass is 10.0. The molecule has 14 N–H and O–H groups in total. The van der Waals surface area contributed by atoms with Crippen LogP contribution in [0.3, 0.4) is 0 Å². The van der Waals surface area contributed by atoms with Gasteiger partial charge in [0.05, 0.1) is 52.5 Å². The fourth-order valence-corrected chi connectivity index (χ4v) is 8.89. The highest BCUT2D eigenvalue weighted by atomic mass is 16.5. The molecule has 0 spiro atoms. The summed E-state index contributed by atoms with van der Waals surface area (Å²) in [6.45, 7) is 9.45. The van der Waals surface area contributed by atoms with Crippen molar-refractivity contribution in [3.63, 3.8) is 0 Å². The maximum atomic E-state index is 13.7. The molecule has 29 nitrogen and oxygen atoms in total. The van der Waals surface area contributed by atoms with Crippen molar-refractivity contribution < 1.29 is 86.7 Å². The summed E-state index contributed by atoms with van der Waals surface area (Å²) >= 11 is 0. The Morgan fingerprint density at radius 1 is 0.433 bits per heavy atom. The molecule has 3 aromatic rings. The van der Waals surface area contributed by atoms with E-state index in [0.717, 1.165) is 14.2 Å². The Kier molecular flexibility index (Phi) is 32.4. The number of methoxy groups -OCH3 is 2. The highest BCUT2D eigenvalue weighted by Crippen LogP contribution is 2.16. The topological polar surface area (TPSA) is 443 Å². The van der Waals surface area contributed by atoms with Crippen LogP contribution in [0.25, 0.3) is 0 Å². The number of aliphatic hydroxyl groups excluding tert-OH is 2. The number of rotatable bonds is 40. The molecule has 1 heterocycles. The molecule has 1 aromatic heterocycles. The van der Waals surface area contributed by atoms with E-state index in [1.54, 1.807) is 94.4 Å². The molecule has 8 unspecified atom stereocenters. The van der Waals surface area contributed by atoms with E-state index in [4.69, 9.17) is 30.4 Å². The van der Waals surface area contributed by atoms with Gasteiger partial charge in [0.15, 0.2) is 0 Å². The number of esters is 2. The molecule has 10 amide bonds. The molecule has 0 bridgehead atoms. The van der Waals surface area contributed by atoms with Crippen molar-refractivity contribution in [2.45, 2.75) is 166 Å². The third-order valence-corrected chi connectivity index (χ3v) is 13.4. The van der Waals surface area contributed by atoms with Crippen LogP contribution in [-0.4, -0.2) is 174 Å². The van der Waals surface area contributed by atoms with Crippen molar-refractivity contribution in [2.75, 3.05) is 27.4 Å². The van der Waals surface area contributed by atoms with Gasteiger partial charge < -0.3 is 83.2 Å². The molecule has 0 saturated carbocycles. The molecule has 0 aliphatic heterocycles. The molecule has 0 aliphatic rings. The number of carbonyl (C=O) groups excluding carboxylic acids is 12. The van der Waals surface area contributed by atoms with Gasteiger partial charge in [-0.3, -0.25) is 47.9 Å². The quantitative estimate of drug-likeness (QED) is 0.0233. The predicted octanol–water partition coefficient (Wildman–Crippen LogP) is -1.29. The Bertz CT molecular complexity index is 2690. The first-order valence-electron chi connectivity index (χ1n) is 29.4. The summed E-state index contributed by atoms with van der Waals surface area (Å²) in [6.07, 6.45) is -4.31. The third-order valence-electron chi connectivity index (χ3n) is 13.4. The SMILES string of the molecule is COC(=O)[C@H](Cc1ccccc1)NC(=O)C(CC(N)=O)NC(=O)C(CC(C)C)NC(=O)C(NC(=O)CCCOc1cccc(OCCCC(=O)NC(C(=O)NC(CC(C)C)C(=O)NC(CC(N)=O)C(=O)N[C@@H](Cc2ccccc2)C(=O)OC)C(C)O)n1)C(C)O. The molecule has 0 saturated heterocycles. The first-order valence-corrected chi connectivity index (χ1v) is 29.4. The number of nitrogens with two attached hydrogens (primary N) is 2. The molecular formula is C61H87N11O18. The van der Waals surface area contributed by atoms with Crippen molar-refractivity contribution in [3.05, 3.63) is 90.0 Å². The predicted molar refractivity (Wildman–Crippen MR) is 323 cm³/mol. The van der Waals surface area contributed by atoms with Gasteiger partial charge in [-0.2, -0.15) is 4.98 Å². The monoisotopic (exact) mass is 1260 g/mol. The second-order valence-electron chi connectivity index (χ2n) is 22.2. The van der Waals surface area contributed by atoms with E-state index >= 15 is 0 Å². The van der Waals surface area contributed by atoms with E-state index in [1.165, 1.54) is 26.0 Å². The van der Waals surface area contributed by atoms with Crippen LogP contribution < -0.4 is 63.5 Å². The van der Waals surface area contributed by atoms with Crippen molar-refractivity contribution in [3.8, 4) is 11.8 Å². The highest BCUT2D eigenvalue weighted by Gasteiger charge is 2.36. The molecule has 0 radical (unpaired) electrons. The van der Waals surface area contributed by atoms with E-state index in [2.05, 4.69) is 47.5 Å². The minimum Gasteiger partial charge on any atom is -0.478 e. The van der Waals surface area contributed by atoms with Crippen molar-refractivity contribution in [1.29, 1.82) is 0 Å². The summed E-state index contributed by atoms with van der Waals surface area (Å²) in [5.74, 6) is -10.5. The number of ether oxygens (including phenoxy) is 4. The minimum absolute atomic E-state index is 0.0209. The van der Waals surface area contributed by atoms with Crippen LogP contribution in [0.4, 0.5) is 0 Å². The highest BCUT2D eigenvalue weighted by molar-refractivity contribution is 5.98. The van der Waals surface area contributed by atoms with Crippen molar-refractivity contribution in [1.82, 2.24) is 47.5 Å². The Morgan fingerprint density at radius 3 is 1.07 bits per heavy atom. The maximum absolute atomic E-state index is 13.7. The number of hydrogen-bond acceptors (Lipinski definition) is 19. The fraction of sp³-hybridized carbons (Fsp3) is 0.525. The standard InChI is InChI=1S/C61H87N11O18/c1-34(2)28-40(54(79)64-42(32-46(62)75)56(81)68-44(60(85)87-7)30-38-18-11-9-12-19-38)66-58(83)52(36(5)73)70-48(77)22-16-26-89-50-24-15-25-51(72-50)90-27-17-23-49(78)71-53(37(6)74)59(84)67-41(29-35(3)4)55(80)65-43(33-47(63)76)57(82)69-45(61(86)88-8)31-39-20-13-10-14-21-39/h9-15,18-21,24-25,34-37,40-45,52-53,73-74H,16-17,22-23,26-33H2,1-8H3,(H2,62,75)(H2,63,76)(H,64,79)(H,65,80)(H,66,83)(H,67,84)(H,68,81)(H,69,82)(H,70,77)(H,71,78)/t36?,37?,40?,41?,42?,43?,44-,45-,52?,53?/m0/s1. The maximum Gasteiger partial charge on any atom is 0.328 e. The van der Waals surface area contributed by atoms with Gasteiger partial charge in [0, 0.05) is 37.8 Å². The van der Waals surface area contributed by atoms with Crippen LogP contribution in [0.2, 0.25) is 0 Å². The number of aromatic nitrogens is 1. The van der Waals surface area contributed by atoms with E-state index < -0.39 is 144 Å². The molecule has 10 atom stereocenters. The number of nitrogens with one attached hydrogen (secondary N) is 8. The Hall–Kier alpha value is -9.25. The minimum atomic E-state index is -1.58. The largest absolute Gasteiger partial charge is 0.478 e. The van der Waals surface area contributed by atoms with Gasteiger partial charge >= 0.3 is 11.9 Å². The van der Waals surface area contributed by atoms with Gasteiger partial charge in [0.25, 0.3) is 0 Å². The second kappa shape index (κ2) is 38.9. The van der Waals surface area contributed by atoms with Crippen LogP contribution in [0, 0.1) is 11.8 Å². The molecule has 3 rings (SSSR count). The third kappa shape index (κ3) is 27.8. The van der Waals surface area contributed by atoms with Gasteiger partial charge in [-0.25, -0.2) is 9.59 Å². The summed E-state index contributed by atoms with van der Waals surface area (Å²) in [4.78, 5) is 162. The summed E-state index contributed by atoms with van der Waals surface area (Å²) in [7, 11) is 2.27. The number of carbonyl (C=O) groups is 12. The number of pyridine rings is 1. The van der Waals surface area contributed by atoms with Gasteiger partial charge in [-0.05, 0) is 62.5 Å². The Morgan fingerprint density at radius 2 is 0.756 bits per heavy atom. The van der Waals surface area contributed by atoms with Crippen LogP contribution in [-0.2, 0) is 79.8 Å². The molecule has 2 aromatic carbocycles. The number of hydrogen-bond donors (Lipinski definition) is 12. The zero-order valence-electron chi connectivity index (χ0n) is 51.9. The van der Waals surface area contributed by atoms with Crippen molar-refractivity contribution >= 4 is 71.0 Å². The summed E-state index contributed by atoms with van der Waals surface area (Å²) in [5, 5.41) is 41.1. The molecule has 0 aliphatic carbocycles. The molecule has 494 valence electrons. The number of benzene rings is 2. The molecular weight excluding hydrogens is 1170 g/mol. The molecule has 90 heavy (non-hydrogen) atoms. The van der Waals surface area contributed by atoms with E-state index in [-0.39, 0.29) is 88.2 Å². The average molecular weight is 1260 g/mol. The van der Waals surface area contributed by atoms with Gasteiger partial charge in [-0.1, -0.05) is 94.4 Å². The van der Waals surface area contributed by atoms with Crippen molar-refractivity contribution in [2.24, 2.45) is 23.3 Å². The van der Waals surface area contributed by atoms with E-state index in [0.29, 0.717) is 11.1 Å². The first-order chi connectivity index (χ1) is 42.6. The van der Waals surface area contributed by atoms with Crippen LogP contribution in [0.15, 0.2) is 78.9 Å². The fourth-order valence-electron chi connectivity index (χ4n) is 8.89. The number of nitrogens with zero attached hydrogens (tertiary/aromatic N) is 1. The zero-order chi connectivity index (χ0) is 67.0. The van der Waals surface area contributed by atoms with Crippen LogP contribution in [0.5, 0.6) is 11.8 Å². The lowest BCUT2D eigenvalue weighted by Crippen LogP contribution is -2.60. The second-order valence-corrected chi connectivity index (χ2v) is 22.2.